The predicted octanol–water partition coefficient (Wildman–Crippen LogP) is 3.10. The van der Waals surface area contributed by atoms with E-state index in [1.165, 1.54) is 7.11 Å². The van der Waals surface area contributed by atoms with Gasteiger partial charge >= 0.3 is 5.97 Å². The van der Waals surface area contributed by atoms with Crippen LogP contribution in [0.3, 0.4) is 0 Å². The number of carbonyl (C=O) groups is 1. The summed E-state index contributed by atoms with van der Waals surface area (Å²) >= 11 is 0. The first-order chi connectivity index (χ1) is 9.04. The molecule has 0 bridgehead atoms. The van der Waals surface area contributed by atoms with Gasteiger partial charge < -0.3 is 10.1 Å². The molecule has 0 saturated carbocycles. The summed E-state index contributed by atoms with van der Waals surface area (Å²) in [6.07, 6.45) is 1.26. The monoisotopic (exact) mass is 263 g/mol. The maximum absolute atomic E-state index is 11.8. The molecule has 0 saturated heterocycles. The van der Waals surface area contributed by atoms with Gasteiger partial charge in [0.25, 0.3) is 0 Å². The zero-order chi connectivity index (χ0) is 14.3. The molecular weight excluding hydrogens is 238 g/mol. The molecule has 0 radical (unpaired) electrons. The molecule has 0 spiro atoms. The van der Waals surface area contributed by atoms with Crippen LogP contribution < -0.4 is 5.32 Å². The van der Waals surface area contributed by atoms with E-state index >= 15 is 0 Å². The van der Waals surface area contributed by atoms with Gasteiger partial charge in [0, 0.05) is 0 Å². The molecule has 1 unspecified atom stereocenters. The lowest BCUT2D eigenvalue weighted by atomic mass is 9.79. The fourth-order valence-electron chi connectivity index (χ4n) is 2.64. The van der Waals surface area contributed by atoms with Crippen LogP contribution in [0, 0.1) is 5.92 Å². The fourth-order valence-corrected chi connectivity index (χ4v) is 2.64. The number of benzene rings is 1. The highest BCUT2D eigenvalue weighted by atomic mass is 16.5. The summed E-state index contributed by atoms with van der Waals surface area (Å²) in [6, 6.07) is 10.2. The minimum atomic E-state index is -0.336. The third-order valence-electron chi connectivity index (χ3n) is 3.27. The van der Waals surface area contributed by atoms with Gasteiger partial charge in [-0.25, -0.2) is 0 Å². The standard InChI is InChI=1S/C16H25NO2/c1-5-17-16(11-13(2)3,12-15(18)19-4)14-9-7-6-8-10-14/h6-10,13,17H,5,11-12H2,1-4H3. The molecular formula is C16H25NO2. The van der Waals surface area contributed by atoms with E-state index in [1.54, 1.807) is 0 Å². The van der Waals surface area contributed by atoms with Crippen LogP contribution in [0.15, 0.2) is 30.3 Å². The van der Waals surface area contributed by atoms with Gasteiger partial charge in [-0.05, 0) is 24.4 Å². The van der Waals surface area contributed by atoms with E-state index in [4.69, 9.17) is 4.74 Å². The Balaban J connectivity index is 3.14. The van der Waals surface area contributed by atoms with E-state index in [9.17, 15) is 4.79 Å². The maximum atomic E-state index is 11.8. The SMILES string of the molecule is CCNC(CC(=O)OC)(CC(C)C)c1ccccc1. The summed E-state index contributed by atoms with van der Waals surface area (Å²) in [5, 5.41) is 3.51. The van der Waals surface area contributed by atoms with Crippen LogP contribution in [0.5, 0.6) is 0 Å². The topological polar surface area (TPSA) is 38.3 Å². The second-order valence-corrected chi connectivity index (χ2v) is 5.33. The number of hydrogen-bond acceptors (Lipinski definition) is 3. The van der Waals surface area contributed by atoms with Crippen LogP contribution >= 0.6 is 0 Å². The average Bonchev–Trinajstić information content (AvgIpc) is 2.39. The van der Waals surface area contributed by atoms with Gasteiger partial charge in [0.1, 0.15) is 0 Å². The predicted molar refractivity (Wildman–Crippen MR) is 77.9 cm³/mol. The zero-order valence-electron chi connectivity index (χ0n) is 12.4. The molecule has 0 aromatic heterocycles. The van der Waals surface area contributed by atoms with Gasteiger partial charge in [0.2, 0.25) is 0 Å². The van der Waals surface area contributed by atoms with E-state index in [-0.39, 0.29) is 11.5 Å². The Kier molecular flexibility index (Phi) is 6.03. The van der Waals surface area contributed by atoms with Crippen molar-refractivity contribution in [2.75, 3.05) is 13.7 Å². The summed E-state index contributed by atoms with van der Waals surface area (Å²) in [4.78, 5) is 11.8. The molecule has 0 amide bonds. The molecule has 0 aliphatic heterocycles. The number of rotatable bonds is 7. The van der Waals surface area contributed by atoms with Crippen LogP contribution in [-0.4, -0.2) is 19.6 Å². The second-order valence-electron chi connectivity index (χ2n) is 5.33. The van der Waals surface area contributed by atoms with Gasteiger partial charge in [-0.15, -0.1) is 0 Å². The van der Waals surface area contributed by atoms with E-state index in [1.807, 2.05) is 18.2 Å². The molecule has 3 nitrogen and oxygen atoms in total. The number of nitrogens with one attached hydrogen (secondary N) is 1. The summed E-state index contributed by atoms with van der Waals surface area (Å²) < 4.78 is 4.88. The van der Waals surface area contributed by atoms with Crippen LogP contribution in [-0.2, 0) is 15.1 Å². The highest BCUT2D eigenvalue weighted by Crippen LogP contribution is 2.32. The summed E-state index contributed by atoms with van der Waals surface area (Å²) in [6.45, 7) is 7.23. The van der Waals surface area contributed by atoms with Crippen molar-refractivity contribution >= 4 is 5.97 Å². The Hall–Kier alpha value is -1.35. The largest absolute Gasteiger partial charge is 0.469 e. The third kappa shape index (κ3) is 4.35. The lowest BCUT2D eigenvalue weighted by Gasteiger charge is -2.36. The van der Waals surface area contributed by atoms with Crippen LogP contribution in [0.1, 0.15) is 39.2 Å². The Bertz CT molecular complexity index is 389. The van der Waals surface area contributed by atoms with Gasteiger partial charge in [-0.1, -0.05) is 51.1 Å². The van der Waals surface area contributed by atoms with Gasteiger partial charge in [0.15, 0.2) is 0 Å². The Labute approximate surface area is 116 Å². The van der Waals surface area contributed by atoms with Crippen molar-refractivity contribution in [2.24, 2.45) is 5.92 Å². The van der Waals surface area contributed by atoms with Crippen molar-refractivity contribution in [1.29, 1.82) is 0 Å². The minimum Gasteiger partial charge on any atom is -0.469 e. The quantitative estimate of drug-likeness (QED) is 0.768. The molecule has 1 aromatic carbocycles. The van der Waals surface area contributed by atoms with Gasteiger partial charge in [-0.2, -0.15) is 0 Å². The van der Waals surface area contributed by atoms with Crippen molar-refractivity contribution < 1.29 is 9.53 Å². The molecule has 1 aromatic rings. The van der Waals surface area contributed by atoms with Crippen molar-refractivity contribution in [3.8, 4) is 0 Å². The first-order valence-electron chi connectivity index (χ1n) is 6.91. The Morgan fingerprint density at radius 1 is 1.32 bits per heavy atom. The molecule has 1 atom stereocenters. The average molecular weight is 263 g/mol. The van der Waals surface area contributed by atoms with Crippen molar-refractivity contribution in [1.82, 2.24) is 5.32 Å². The van der Waals surface area contributed by atoms with Crippen molar-refractivity contribution in [3.05, 3.63) is 35.9 Å². The molecule has 0 heterocycles. The second kappa shape index (κ2) is 7.29. The molecule has 0 aliphatic rings. The zero-order valence-corrected chi connectivity index (χ0v) is 12.4. The van der Waals surface area contributed by atoms with Crippen LogP contribution in [0.25, 0.3) is 0 Å². The summed E-state index contributed by atoms with van der Waals surface area (Å²) in [7, 11) is 1.44. The van der Waals surface area contributed by atoms with Crippen LogP contribution in [0.4, 0.5) is 0 Å². The number of ether oxygens (including phenoxy) is 1. The molecule has 1 N–H and O–H groups in total. The smallest absolute Gasteiger partial charge is 0.307 e. The molecule has 3 heteroatoms. The van der Waals surface area contributed by atoms with E-state index in [0.717, 1.165) is 18.5 Å². The third-order valence-corrected chi connectivity index (χ3v) is 3.27. The molecule has 0 fully saturated rings. The maximum Gasteiger partial charge on any atom is 0.307 e. The summed E-state index contributed by atoms with van der Waals surface area (Å²) in [5.74, 6) is 0.314. The number of carbonyl (C=O) groups excluding carboxylic acids is 1. The number of methoxy groups -OCH3 is 1. The first kappa shape index (κ1) is 15.7. The lowest BCUT2D eigenvalue weighted by Crippen LogP contribution is -2.45. The molecule has 0 aliphatic carbocycles. The first-order valence-corrected chi connectivity index (χ1v) is 6.91. The van der Waals surface area contributed by atoms with E-state index < -0.39 is 0 Å². The lowest BCUT2D eigenvalue weighted by molar-refractivity contribution is -0.142. The molecule has 1 rings (SSSR count). The van der Waals surface area contributed by atoms with Crippen molar-refractivity contribution in [3.63, 3.8) is 0 Å². The number of esters is 1. The van der Waals surface area contributed by atoms with Crippen LogP contribution in [0.2, 0.25) is 0 Å². The fraction of sp³-hybridized carbons (Fsp3) is 0.562. The Morgan fingerprint density at radius 3 is 2.42 bits per heavy atom. The molecule has 106 valence electrons. The van der Waals surface area contributed by atoms with Gasteiger partial charge in [-0.3, -0.25) is 4.79 Å². The highest BCUT2D eigenvalue weighted by Gasteiger charge is 2.34. The van der Waals surface area contributed by atoms with Gasteiger partial charge in [0.05, 0.1) is 19.1 Å². The highest BCUT2D eigenvalue weighted by molar-refractivity contribution is 5.71. The minimum absolute atomic E-state index is 0.176. The summed E-state index contributed by atoms with van der Waals surface area (Å²) in [5.41, 5.74) is 0.813. The normalized spacial score (nSPS) is 14.2. The van der Waals surface area contributed by atoms with E-state index in [2.05, 4.69) is 38.2 Å². The molecule has 19 heavy (non-hydrogen) atoms. The van der Waals surface area contributed by atoms with E-state index in [0.29, 0.717) is 12.3 Å². The van der Waals surface area contributed by atoms with Crippen molar-refractivity contribution in [2.45, 2.75) is 39.2 Å². The number of hydrogen-bond donors (Lipinski definition) is 1. The Morgan fingerprint density at radius 2 is 1.95 bits per heavy atom.